The standard InChI is InChI=1S/C22H21ClN2O2/c23-20-15-19(16-24-21(20)26)22(27)25(13-11-17-7-3-1-4-8-17)14-12-18-9-5-2-6-10-18/h1-10,15-16H,11-14H2,(H,24,26). The number of nitrogens with zero attached hydrogens (tertiary/aromatic N) is 1. The third-order valence-corrected chi connectivity index (χ3v) is 4.70. The molecule has 0 aliphatic rings. The SMILES string of the molecule is O=C(c1c[nH]c(=O)c(Cl)c1)N(CCc1ccccc1)CCc1ccccc1. The van der Waals surface area contributed by atoms with E-state index in [1.165, 1.54) is 23.4 Å². The third-order valence-electron chi connectivity index (χ3n) is 4.42. The normalized spacial score (nSPS) is 10.6. The maximum atomic E-state index is 13.0. The number of H-pyrrole nitrogens is 1. The van der Waals surface area contributed by atoms with Gasteiger partial charge >= 0.3 is 0 Å². The van der Waals surface area contributed by atoms with Crippen LogP contribution >= 0.6 is 11.6 Å². The van der Waals surface area contributed by atoms with Crippen molar-refractivity contribution in [2.45, 2.75) is 12.8 Å². The second-order valence-corrected chi connectivity index (χ2v) is 6.74. The number of nitrogens with one attached hydrogen (secondary N) is 1. The average molecular weight is 381 g/mol. The van der Waals surface area contributed by atoms with Gasteiger partial charge in [0.2, 0.25) is 0 Å². The van der Waals surface area contributed by atoms with Gasteiger partial charge in [-0.2, -0.15) is 0 Å². The number of halogens is 1. The molecule has 1 amide bonds. The summed E-state index contributed by atoms with van der Waals surface area (Å²) in [6, 6.07) is 21.6. The zero-order chi connectivity index (χ0) is 19.1. The Balaban J connectivity index is 1.75. The van der Waals surface area contributed by atoms with Gasteiger partial charge in [0.1, 0.15) is 5.02 Å². The van der Waals surface area contributed by atoms with Crippen molar-refractivity contribution in [2.75, 3.05) is 13.1 Å². The number of amides is 1. The fraction of sp³-hybridized carbons (Fsp3) is 0.182. The smallest absolute Gasteiger partial charge is 0.266 e. The second-order valence-electron chi connectivity index (χ2n) is 6.33. The van der Waals surface area contributed by atoms with Crippen LogP contribution < -0.4 is 5.56 Å². The Morgan fingerprint density at radius 1 is 0.889 bits per heavy atom. The fourth-order valence-corrected chi connectivity index (χ4v) is 3.07. The van der Waals surface area contributed by atoms with E-state index in [1.807, 2.05) is 41.3 Å². The highest BCUT2D eigenvalue weighted by atomic mass is 35.5. The summed E-state index contributed by atoms with van der Waals surface area (Å²) in [6.07, 6.45) is 2.95. The first kappa shape index (κ1) is 18.9. The molecule has 0 unspecified atom stereocenters. The maximum absolute atomic E-state index is 13.0. The summed E-state index contributed by atoms with van der Waals surface area (Å²) in [5.74, 6) is -0.139. The fourth-order valence-electron chi connectivity index (χ4n) is 2.89. The number of aromatic nitrogens is 1. The number of hydrogen-bond donors (Lipinski definition) is 1. The predicted octanol–water partition coefficient (Wildman–Crippen LogP) is 3.96. The van der Waals surface area contributed by atoms with Crippen molar-refractivity contribution in [3.8, 4) is 0 Å². The van der Waals surface area contributed by atoms with Crippen molar-refractivity contribution in [1.29, 1.82) is 0 Å². The molecule has 138 valence electrons. The minimum absolute atomic E-state index is 0.0203. The molecule has 1 aromatic heterocycles. The Hall–Kier alpha value is -2.85. The van der Waals surface area contributed by atoms with Crippen LogP contribution in [0.2, 0.25) is 5.02 Å². The number of hydrogen-bond acceptors (Lipinski definition) is 2. The van der Waals surface area contributed by atoms with Crippen LogP contribution in [0.25, 0.3) is 0 Å². The van der Waals surface area contributed by atoms with Crippen LogP contribution in [0, 0.1) is 0 Å². The Bertz CT molecular complexity index is 896. The molecule has 0 saturated carbocycles. The lowest BCUT2D eigenvalue weighted by molar-refractivity contribution is 0.0758. The van der Waals surface area contributed by atoms with Gasteiger partial charge in [-0.1, -0.05) is 72.3 Å². The zero-order valence-corrected chi connectivity index (χ0v) is 15.7. The number of carbonyl (C=O) groups is 1. The van der Waals surface area contributed by atoms with Crippen molar-refractivity contribution >= 4 is 17.5 Å². The van der Waals surface area contributed by atoms with Gasteiger partial charge in [0, 0.05) is 19.3 Å². The molecule has 1 N–H and O–H groups in total. The van der Waals surface area contributed by atoms with Crippen LogP contribution in [0.1, 0.15) is 21.5 Å². The Morgan fingerprint density at radius 3 is 1.89 bits per heavy atom. The lowest BCUT2D eigenvalue weighted by Crippen LogP contribution is -2.35. The van der Waals surface area contributed by atoms with E-state index < -0.39 is 5.56 Å². The van der Waals surface area contributed by atoms with Gasteiger partial charge in [0.05, 0.1) is 5.56 Å². The van der Waals surface area contributed by atoms with E-state index in [2.05, 4.69) is 29.2 Å². The Labute approximate surface area is 163 Å². The van der Waals surface area contributed by atoms with Crippen molar-refractivity contribution in [3.05, 3.63) is 105 Å². The second kappa shape index (κ2) is 9.19. The van der Waals surface area contributed by atoms with Gasteiger partial charge in [-0.3, -0.25) is 9.59 Å². The van der Waals surface area contributed by atoms with Crippen LogP contribution in [-0.2, 0) is 12.8 Å². The highest BCUT2D eigenvalue weighted by molar-refractivity contribution is 6.30. The predicted molar refractivity (Wildman–Crippen MR) is 108 cm³/mol. The van der Waals surface area contributed by atoms with Crippen LogP contribution in [0.5, 0.6) is 0 Å². The summed E-state index contributed by atoms with van der Waals surface area (Å²) in [6.45, 7) is 1.18. The van der Waals surface area contributed by atoms with E-state index in [-0.39, 0.29) is 10.9 Å². The lowest BCUT2D eigenvalue weighted by Gasteiger charge is -2.23. The largest absolute Gasteiger partial charge is 0.338 e. The molecule has 0 aliphatic heterocycles. The number of aromatic amines is 1. The molecule has 0 saturated heterocycles. The molecule has 3 rings (SSSR count). The van der Waals surface area contributed by atoms with Crippen LogP contribution in [0.15, 0.2) is 77.7 Å². The number of carbonyl (C=O) groups excluding carboxylic acids is 1. The van der Waals surface area contributed by atoms with Crippen LogP contribution in [-0.4, -0.2) is 28.9 Å². The molecule has 0 bridgehead atoms. The quantitative estimate of drug-likeness (QED) is 0.674. The van der Waals surface area contributed by atoms with Crippen LogP contribution in [0.4, 0.5) is 0 Å². The molecule has 4 nitrogen and oxygen atoms in total. The summed E-state index contributed by atoms with van der Waals surface area (Å²) in [5.41, 5.74) is 2.35. The highest BCUT2D eigenvalue weighted by Gasteiger charge is 2.17. The first-order valence-corrected chi connectivity index (χ1v) is 9.26. The van der Waals surface area contributed by atoms with E-state index in [1.54, 1.807) is 0 Å². The zero-order valence-electron chi connectivity index (χ0n) is 14.9. The molecule has 0 fully saturated rings. The molecule has 0 spiro atoms. The van der Waals surface area contributed by atoms with Gasteiger partial charge in [-0.05, 0) is 30.0 Å². The number of pyridine rings is 1. The monoisotopic (exact) mass is 380 g/mol. The summed E-state index contributed by atoms with van der Waals surface area (Å²) in [7, 11) is 0. The third kappa shape index (κ3) is 5.31. The van der Waals surface area contributed by atoms with Crippen molar-refractivity contribution in [2.24, 2.45) is 0 Å². The minimum atomic E-state index is -0.395. The van der Waals surface area contributed by atoms with Gasteiger partial charge in [-0.15, -0.1) is 0 Å². The number of benzene rings is 2. The van der Waals surface area contributed by atoms with Crippen molar-refractivity contribution in [3.63, 3.8) is 0 Å². The molecule has 5 heteroatoms. The van der Waals surface area contributed by atoms with Gasteiger partial charge in [0.15, 0.2) is 0 Å². The summed E-state index contributed by atoms with van der Waals surface area (Å²) >= 11 is 5.89. The minimum Gasteiger partial charge on any atom is -0.338 e. The summed E-state index contributed by atoms with van der Waals surface area (Å²) in [4.78, 5) is 28.8. The molecule has 27 heavy (non-hydrogen) atoms. The van der Waals surface area contributed by atoms with Gasteiger partial charge < -0.3 is 9.88 Å². The molecule has 2 aromatic carbocycles. The lowest BCUT2D eigenvalue weighted by atomic mass is 10.1. The van der Waals surface area contributed by atoms with Crippen LogP contribution in [0.3, 0.4) is 0 Å². The molecular formula is C22H21ClN2O2. The van der Waals surface area contributed by atoms with E-state index in [9.17, 15) is 9.59 Å². The summed E-state index contributed by atoms with van der Waals surface area (Å²) < 4.78 is 0. The number of rotatable bonds is 7. The molecule has 3 aromatic rings. The van der Waals surface area contributed by atoms with E-state index in [0.717, 1.165) is 12.8 Å². The summed E-state index contributed by atoms with van der Waals surface area (Å²) in [5, 5.41) is 0.0203. The van der Waals surface area contributed by atoms with Gasteiger partial charge in [0.25, 0.3) is 11.5 Å². The Kier molecular flexibility index (Phi) is 6.44. The van der Waals surface area contributed by atoms with Crippen molar-refractivity contribution in [1.82, 2.24) is 9.88 Å². The first-order valence-electron chi connectivity index (χ1n) is 8.89. The molecular weight excluding hydrogens is 360 g/mol. The van der Waals surface area contributed by atoms with Gasteiger partial charge in [-0.25, -0.2) is 0 Å². The molecule has 0 atom stereocenters. The van der Waals surface area contributed by atoms with E-state index in [4.69, 9.17) is 11.6 Å². The Morgan fingerprint density at radius 2 is 1.41 bits per heavy atom. The van der Waals surface area contributed by atoms with E-state index >= 15 is 0 Å². The van der Waals surface area contributed by atoms with Crippen molar-refractivity contribution < 1.29 is 4.79 Å². The molecule has 0 aliphatic carbocycles. The molecule has 0 radical (unpaired) electrons. The van der Waals surface area contributed by atoms with E-state index in [0.29, 0.717) is 18.7 Å². The average Bonchev–Trinajstić information content (AvgIpc) is 2.71. The first-order chi connectivity index (χ1) is 13.1. The highest BCUT2D eigenvalue weighted by Crippen LogP contribution is 2.11. The topological polar surface area (TPSA) is 53.2 Å². The molecule has 1 heterocycles. The maximum Gasteiger partial charge on any atom is 0.266 e.